The van der Waals surface area contributed by atoms with E-state index in [9.17, 15) is 19.2 Å². The summed E-state index contributed by atoms with van der Waals surface area (Å²) in [7, 11) is 3.26. The highest BCUT2D eigenvalue weighted by Gasteiger charge is 2.45. The molecule has 4 amide bonds. The van der Waals surface area contributed by atoms with Crippen LogP contribution >= 0.6 is 11.9 Å². The number of carbonyl (C=O) groups is 4. The van der Waals surface area contributed by atoms with Gasteiger partial charge in [-0.05, 0) is 74.4 Å². The number of ether oxygens (including phenoxy) is 1. The van der Waals surface area contributed by atoms with E-state index in [4.69, 9.17) is 10.5 Å². The normalized spacial score (nSPS) is 18.5. The van der Waals surface area contributed by atoms with Gasteiger partial charge in [-0.15, -0.1) is 0 Å². The molecule has 2 fully saturated rings. The summed E-state index contributed by atoms with van der Waals surface area (Å²) in [5, 5.41) is 6.29. The molecule has 3 heterocycles. The Balaban J connectivity index is 1.28. The first-order valence-corrected chi connectivity index (χ1v) is 17.7. The van der Waals surface area contributed by atoms with Gasteiger partial charge in [0, 0.05) is 38.6 Å². The van der Waals surface area contributed by atoms with E-state index in [1.54, 1.807) is 16.0 Å². The maximum Gasteiger partial charge on any atom is 0.351 e. The minimum absolute atomic E-state index is 0.0402. The number of aromatic nitrogens is 1. The predicted molar refractivity (Wildman–Crippen MR) is 184 cm³/mol. The number of carbonyl (C=O) groups excluding carboxylic acids is 4. The molecule has 3 aliphatic rings. The Hall–Kier alpha value is -4.35. The number of primary amides is 1. The van der Waals surface area contributed by atoms with Crippen molar-refractivity contribution in [2.45, 2.75) is 63.0 Å². The van der Waals surface area contributed by atoms with E-state index in [0.29, 0.717) is 31.5 Å². The van der Waals surface area contributed by atoms with Crippen LogP contribution in [-0.4, -0.2) is 95.8 Å². The lowest BCUT2D eigenvalue weighted by molar-refractivity contribution is -0.149. The molecular formula is C34H43F3N8O5S. The van der Waals surface area contributed by atoms with Crippen molar-refractivity contribution in [1.82, 2.24) is 29.9 Å². The zero-order chi connectivity index (χ0) is 36.7. The predicted octanol–water partition coefficient (Wildman–Crippen LogP) is 2.90. The molecule has 0 spiro atoms. The number of hydrogen-bond donors (Lipinski definition) is 4. The van der Waals surface area contributed by atoms with Crippen LogP contribution in [0.5, 0.6) is 5.75 Å². The summed E-state index contributed by atoms with van der Waals surface area (Å²) in [6.45, 7) is 2.52. The first kappa shape index (κ1) is 37.9. The smallest absolute Gasteiger partial charge is 0.351 e. The van der Waals surface area contributed by atoms with Gasteiger partial charge in [0.25, 0.3) is 11.8 Å². The number of nitrogens with zero attached hydrogens (tertiary/aromatic N) is 4. The second kappa shape index (κ2) is 16.8. The summed E-state index contributed by atoms with van der Waals surface area (Å²) in [4.78, 5) is 62.7. The summed E-state index contributed by atoms with van der Waals surface area (Å²) in [6.07, 6.45) is 7.60. The molecule has 1 saturated carbocycles. The van der Waals surface area contributed by atoms with Gasteiger partial charge < -0.3 is 30.9 Å². The Morgan fingerprint density at radius 2 is 1.82 bits per heavy atom. The number of anilines is 1. The number of nitrogens with two attached hydrogens (primary N) is 1. The number of aryl methyl sites for hydroxylation is 1. The lowest BCUT2D eigenvalue weighted by atomic mass is 9.83. The number of alkyl halides is 2. The van der Waals surface area contributed by atoms with Gasteiger partial charge in [-0.25, -0.2) is 4.39 Å². The highest BCUT2D eigenvalue weighted by molar-refractivity contribution is 8.02. The average molecular weight is 733 g/mol. The van der Waals surface area contributed by atoms with Crippen LogP contribution in [0.15, 0.2) is 47.8 Å². The van der Waals surface area contributed by atoms with Crippen molar-refractivity contribution in [2.75, 3.05) is 45.7 Å². The van der Waals surface area contributed by atoms with Gasteiger partial charge in [0.2, 0.25) is 11.8 Å². The van der Waals surface area contributed by atoms with Gasteiger partial charge >= 0.3 is 5.92 Å². The zero-order valence-corrected chi connectivity index (χ0v) is 29.3. The van der Waals surface area contributed by atoms with Gasteiger partial charge in [0.05, 0.1) is 24.6 Å². The number of piperazine rings is 1. The second-order valence-electron chi connectivity index (χ2n) is 13.0. The summed E-state index contributed by atoms with van der Waals surface area (Å²) < 4.78 is 51.0. The fraction of sp³-hybridized carbons (Fsp3) is 0.500. The third-order valence-electron chi connectivity index (χ3n) is 9.48. The summed E-state index contributed by atoms with van der Waals surface area (Å²) >= 11 is 1.01. The average Bonchev–Trinajstić information content (AvgIpc) is 3.63. The van der Waals surface area contributed by atoms with Crippen molar-refractivity contribution < 1.29 is 37.1 Å². The monoisotopic (exact) mass is 732 g/mol. The molecule has 5 rings (SSSR count). The van der Waals surface area contributed by atoms with Crippen molar-refractivity contribution in [1.29, 1.82) is 0 Å². The largest absolute Gasteiger partial charge is 0.495 e. The molecule has 276 valence electrons. The minimum atomic E-state index is -4.02. The molecule has 0 unspecified atom stereocenters. The molecule has 0 bridgehead atoms. The molecule has 1 aliphatic carbocycles. The number of pyridine rings is 1. The number of likely N-dealkylation sites (N-methyl/N-ethyl adjacent to an activating group) is 1. The van der Waals surface area contributed by atoms with Crippen molar-refractivity contribution in [3.8, 4) is 5.75 Å². The first-order valence-electron chi connectivity index (χ1n) is 16.8. The third kappa shape index (κ3) is 9.31. The Bertz CT molecular complexity index is 1630. The van der Waals surface area contributed by atoms with E-state index in [-0.39, 0.29) is 35.1 Å². The molecule has 5 N–H and O–H groups in total. The lowest BCUT2D eigenvalue weighted by Crippen LogP contribution is -2.54. The SMILES string of the molecule is COc1cncc(C(F)(F)C(=O)N[C@H](C(=O)Nc2ccc(CC[C@H](C(=O)N3CCN(C)CC3)N3C=C(C(N)=O)SN3)cc2F)C2CCCCC2)c1. The number of methoxy groups -OCH3 is 1. The fourth-order valence-corrected chi connectivity index (χ4v) is 7.08. The lowest BCUT2D eigenvalue weighted by Gasteiger charge is -2.36. The van der Waals surface area contributed by atoms with E-state index in [1.165, 1.54) is 31.6 Å². The Labute approximate surface area is 298 Å². The molecule has 1 aromatic carbocycles. The molecule has 1 aromatic heterocycles. The topological polar surface area (TPSA) is 162 Å². The maximum absolute atomic E-state index is 15.5. The van der Waals surface area contributed by atoms with Crippen molar-refractivity contribution in [2.24, 2.45) is 11.7 Å². The molecule has 2 aliphatic heterocycles. The number of halogens is 3. The highest BCUT2D eigenvalue weighted by Crippen LogP contribution is 2.33. The maximum atomic E-state index is 15.5. The molecule has 51 heavy (non-hydrogen) atoms. The van der Waals surface area contributed by atoms with E-state index < -0.39 is 53.0 Å². The number of benzene rings is 1. The summed E-state index contributed by atoms with van der Waals surface area (Å²) in [5.41, 5.74) is 5.10. The number of amides is 4. The van der Waals surface area contributed by atoms with Gasteiger partial charge in [-0.2, -0.15) is 13.6 Å². The molecule has 2 atom stereocenters. The van der Waals surface area contributed by atoms with E-state index >= 15 is 13.2 Å². The number of hydrazine groups is 1. The van der Waals surface area contributed by atoms with Crippen molar-refractivity contribution in [3.63, 3.8) is 0 Å². The van der Waals surface area contributed by atoms with Crippen LogP contribution in [0.4, 0.5) is 18.9 Å². The van der Waals surface area contributed by atoms with Crippen LogP contribution in [0, 0.1) is 11.7 Å². The fourth-order valence-electron chi connectivity index (χ4n) is 6.43. The number of rotatable bonds is 13. The van der Waals surface area contributed by atoms with Crippen LogP contribution < -0.4 is 25.9 Å². The molecule has 13 nitrogen and oxygen atoms in total. The van der Waals surface area contributed by atoms with Gasteiger partial charge in [0.1, 0.15) is 28.6 Å². The van der Waals surface area contributed by atoms with Crippen LogP contribution in [0.3, 0.4) is 0 Å². The Kier molecular flexibility index (Phi) is 12.5. The highest BCUT2D eigenvalue weighted by atomic mass is 32.2. The van der Waals surface area contributed by atoms with E-state index in [2.05, 4.69) is 25.3 Å². The van der Waals surface area contributed by atoms with E-state index in [0.717, 1.165) is 56.6 Å². The minimum Gasteiger partial charge on any atom is -0.495 e. The molecule has 0 radical (unpaired) electrons. The van der Waals surface area contributed by atoms with Crippen molar-refractivity contribution >= 4 is 41.3 Å². The summed E-state index contributed by atoms with van der Waals surface area (Å²) in [6, 6.07) is 3.15. The Morgan fingerprint density at radius 3 is 2.47 bits per heavy atom. The Morgan fingerprint density at radius 1 is 1.10 bits per heavy atom. The van der Waals surface area contributed by atoms with Crippen LogP contribution in [0.1, 0.15) is 49.7 Å². The first-order chi connectivity index (χ1) is 24.4. The standard InChI is InChI=1S/C34H43F3N8O5S/c1-43-12-14-44(15-13-43)32(48)27(45-20-28(30(38)46)51-42-45)11-9-21-8-10-26(25(35)16-21)40-31(47)29(22-6-4-3-5-7-22)41-33(49)34(36,37)23-17-24(50-2)19-39-18-23/h8,10,16-20,22,27,29,42H,3-7,9,11-15H2,1-2H3,(H2,38,46)(H,40,47)(H,41,49)/t27-,29+/m1/s1. The molecule has 2 aromatic rings. The third-order valence-corrected chi connectivity index (χ3v) is 10.3. The number of nitrogens with one attached hydrogen (secondary N) is 3. The van der Waals surface area contributed by atoms with E-state index in [1.807, 2.05) is 7.05 Å². The van der Waals surface area contributed by atoms with Crippen LogP contribution in [0.25, 0.3) is 0 Å². The molecular weight excluding hydrogens is 689 g/mol. The zero-order valence-electron chi connectivity index (χ0n) is 28.5. The van der Waals surface area contributed by atoms with Crippen LogP contribution in [-0.2, 0) is 31.5 Å². The quantitative estimate of drug-likeness (QED) is 0.226. The molecule has 1 saturated heterocycles. The second-order valence-corrected chi connectivity index (χ2v) is 13.8. The van der Waals surface area contributed by atoms with Crippen molar-refractivity contribution in [3.05, 3.63) is 64.7 Å². The van der Waals surface area contributed by atoms with Gasteiger partial charge in [-0.3, -0.25) is 29.2 Å². The van der Waals surface area contributed by atoms with Crippen LogP contribution in [0.2, 0.25) is 0 Å². The summed E-state index contributed by atoms with van der Waals surface area (Å²) in [5.74, 6) is -8.45. The molecule has 17 heteroatoms. The van der Waals surface area contributed by atoms with Gasteiger partial charge in [0.15, 0.2) is 0 Å². The number of hydrogen-bond acceptors (Lipinski definition) is 10. The van der Waals surface area contributed by atoms with Gasteiger partial charge in [-0.1, -0.05) is 25.3 Å².